The summed E-state index contributed by atoms with van der Waals surface area (Å²) in [6, 6.07) is 29.8. The molecule has 4 rings (SSSR count). The van der Waals surface area contributed by atoms with Crippen LogP contribution in [0.5, 0.6) is 0 Å². The van der Waals surface area contributed by atoms with E-state index in [-0.39, 0.29) is 24.9 Å². The molecule has 1 aromatic heterocycles. The monoisotopic (exact) mass is 432 g/mol. The predicted molar refractivity (Wildman–Crippen MR) is 127 cm³/mol. The summed E-state index contributed by atoms with van der Waals surface area (Å²) in [6.07, 6.45) is 1.95. The molecule has 1 heterocycles. The van der Waals surface area contributed by atoms with Crippen molar-refractivity contribution < 1.29 is 4.79 Å². The molecule has 0 unspecified atom stereocenters. The molecule has 0 fully saturated rings. The Morgan fingerprint density at radius 3 is 2.10 bits per heavy atom. The van der Waals surface area contributed by atoms with Crippen molar-refractivity contribution in [3.63, 3.8) is 0 Å². The molecule has 0 spiro atoms. The molecule has 31 heavy (non-hydrogen) atoms. The number of nitrogens with zero attached hydrogens (tertiary/aromatic N) is 2. The summed E-state index contributed by atoms with van der Waals surface area (Å²) >= 11 is 0. The Kier molecular flexibility index (Phi) is 7.98. The minimum Gasteiger partial charge on any atom is -0.324 e. The Bertz CT molecular complexity index is 1080. The highest BCUT2D eigenvalue weighted by Gasteiger charge is 2.13. The maximum absolute atomic E-state index is 12.5. The first-order valence-electron chi connectivity index (χ1n) is 9.99. The lowest BCUT2D eigenvalue weighted by molar-refractivity contribution is -0.116. The SMILES string of the molecule is Cl.O=C(Cn1cc(CNCc2ccccc2)c(-c2ccccc2)n1)Nc1ccccc1. The van der Waals surface area contributed by atoms with Crippen LogP contribution in [0.1, 0.15) is 11.1 Å². The summed E-state index contributed by atoms with van der Waals surface area (Å²) in [5.74, 6) is -0.105. The molecule has 0 bridgehead atoms. The molecule has 0 saturated heterocycles. The lowest BCUT2D eigenvalue weighted by atomic mass is 10.1. The fourth-order valence-electron chi connectivity index (χ4n) is 3.32. The minimum atomic E-state index is -0.105. The number of para-hydroxylation sites is 1. The van der Waals surface area contributed by atoms with Gasteiger partial charge in [-0.15, -0.1) is 12.4 Å². The maximum Gasteiger partial charge on any atom is 0.246 e. The van der Waals surface area contributed by atoms with Crippen LogP contribution in [-0.2, 0) is 24.4 Å². The van der Waals surface area contributed by atoms with Crippen LogP contribution in [0.2, 0.25) is 0 Å². The Morgan fingerprint density at radius 2 is 1.42 bits per heavy atom. The van der Waals surface area contributed by atoms with E-state index in [9.17, 15) is 4.79 Å². The summed E-state index contributed by atoms with van der Waals surface area (Å²) in [4.78, 5) is 12.5. The van der Waals surface area contributed by atoms with Gasteiger partial charge in [0.25, 0.3) is 0 Å². The second-order valence-electron chi connectivity index (χ2n) is 7.07. The molecule has 3 aromatic carbocycles. The van der Waals surface area contributed by atoms with Gasteiger partial charge in [0.1, 0.15) is 6.54 Å². The summed E-state index contributed by atoms with van der Waals surface area (Å²) in [5, 5.41) is 11.1. The zero-order chi connectivity index (χ0) is 20.6. The number of aromatic nitrogens is 2. The third kappa shape index (κ3) is 6.28. The van der Waals surface area contributed by atoms with Gasteiger partial charge in [0.15, 0.2) is 0 Å². The van der Waals surface area contributed by atoms with Gasteiger partial charge >= 0.3 is 0 Å². The van der Waals surface area contributed by atoms with Gasteiger partial charge in [-0.1, -0.05) is 78.9 Å². The fourth-order valence-corrected chi connectivity index (χ4v) is 3.32. The minimum absolute atomic E-state index is 0. The van der Waals surface area contributed by atoms with Crippen molar-refractivity contribution in [1.82, 2.24) is 15.1 Å². The average Bonchev–Trinajstić information content (AvgIpc) is 3.18. The molecular weight excluding hydrogens is 408 g/mol. The van der Waals surface area contributed by atoms with Crippen molar-refractivity contribution in [3.8, 4) is 11.3 Å². The Hall–Kier alpha value is -3.41. The van der Waals surface area contributed by atoms with Crippen LogP contribution >= 0.6 is 12.4 Å². The lowest BCUT2D eigenvalue weighted by Crippen LogP contribution is -2.19. The van der Waals surface area contributed by atoms with Crippen LogP contribution in [0, 0.1) is 0 Å². The Balaban J connectivity index is 0.00000272. The largest absolute Gasteiger partial charge is 0.324 e. The van der Waals surface area contributed by atoms with Gasteiger partial charge in [-0.3, -0.25) is 9.48 Å². The van der Waals surface area contributed by atoms with Crippen LogP contribution in [0.25, 0.3) is 11.3 Å². The number of hydrogen-bond acceptors (Lipinski definition) is 3. The van der Waals surface area contributed by atoms with E-state index in [2.05, 4.69) is 22.8 Å². The Labute approximate surface area is 188 Å². The number of carbonyl (C=O) groups excluding carboxylic acids is 1. The van der Waals surface area contributed by atoms with Crippen LogP contribution in [-0.4, -0.2) is 15.7 Å². The second kappa shape index (κ2) is 11.1. The van der Waals surface area contributed by atoms with Gasteiger partial charge in [0, 0.05) is 36.1 Å². The first kappa shape index (κ1) is 22.3. The summed E-state index contributed by atoms with van der Waals surface area (Å²) in [5.41, 5.74) is 5.00. The summed E-state index contributed by atoms with van der Waals surface area (Å²) < 4.78 is 1.71. The second-order valence-corrected chi connectivity index (χ2v) is 7.07. The predicted octanol–water partition coefficient (Wildman–Crippen LogP) is 4.90. The molecule has 0 radical (unpaired) electrons. The zero-order valence-electron chi connectivity index (χ0n) is 17.1. The standard InChI is InChI=1S/C25H24N4O.ClH/c30-24(27-23-14-8-3-9-15-23)19-29-18-22(17-26-16-20-10-4-1-5-11-20)25(28-29)21-12-6-2-7-13-21;/h1-15,18,26H,16-17,19H2,(H,27,30);1H. The van der Waals surface area contributed by atoms with Crippen molar-refractivity contribution in [2.24, 2.45) is 0 Å². The third-order valence-corrected chi connectivity index (χ3v) is 4.74. The fraction of sp³-hybridized carbons (Fsp3) is 0.120. The average molecular weight is 433 g/mol. The highest BCUT2D eigenvalue weighted by molar-refractivity contribution is 5.90. The van der Waals surface area contributed by atoms with Crippen molar-refractivity contribution >= 4 is 24.0 Å². The molecule has 0 saturated carbocycles. The van der Waals surface area contributed by atoms with Gasteiger partial charge in [-0.25, -0.2) is 0 Å². The van der Waals surface area contributed by atoms with Crippen LogP contribution in [0.15, 0.2) is 97.2 Å². The molecule has 158 valence electrons. The van der Waals surface area contributed by atoms with E-state index in [0.29, 0.717) is 6.54 Å². The first-order valence-corrected chi connectivity index (χ1v) is 9.99. The van der Waals surface area contributed by atoms with Gasteiger partial charge < -0.3 is 10.6 Å². The molecule has 4 aromatic rings. The van der Waals surface area contributed by atoms with E-state index in [0.717, 1.165) is 29.1 Å². The number of carbonyl (C=O) groups is 1. The normalized spacial score (nSPS) is 10.3. The molecule has 6 heteroatoms. The lowest BCUT2D eigenvalue weighted by Gasteiger charge is -2.05. The number of hydrogen-bond donors (Lipinski definition) is 2. The van der Waals surface area contributed by atoms with Crippen LogP contribution in [0.3, 0.4) is 0 Å². The smallest absolute Gasteiger partial charge is 0.246 e. The van der Waals surface area contributed by atoms with Gasteiger partial charge in [0.2, 0.25) is 5.91 Å². The number of rotatable bonds is 8. The van der Waals surface area contributed by atoms with E-state index in [1.807, 2.05) is 85.1 Å². The van der Waals surface area contributed by atoms with Gasteiger partial charge in [0.05, 0.1) is 5.69 Å². The third-order valence-electron chi connectivity index (χ3n) is 4.74. The van der Waals surface area contributed by atoms with E-state index in [1.54, 1.807) is 4.68 Å². The van der Waals surface area contributed by atoms with E-state index >= 15 is 0 Å². The molecule has 1 amide bonds. The first-order chi connectivity index (χ1) is 14.8. The van der Waals surface area contributed by atoms with Gasteiger partial charge in [-0.05, 0) is 17.7 Å². The van der Waals surface area contributed by atoms with Crippen molar-refractivity contribution in [1.29, 1.82) is 0 Å². The highest BCUT2D eigenvalue weighted by Crippen LogP contribution is 2.22. The molecular formula is C25H25ClN4O. The zero-order valence-corrected chi connectivity index (χ0v) is 17.9. The van der Waals surface area contributed by atoms with Crippen molar-refractivity contribution in [2.45, 2.75) is 19.6 Å². The van der Waals surface area contributed by atoms with Crippen molar-refractivity contribution in [2.75, 3.05) is 5.32 Å². The van der Waals surface area contributed by atoms with Crippen molar-refractivity contribution in [3.05, 3.63) is 108 Å². The number of benzene rings is 3. The topological polar surface area (TPSA) is 59.0 Å². The maximum atomic E-state index is 12.5. The molecule has 0 aliphatic rings. The van der Waals surface area contributed by atoms with E-state index < -0.39 is 0 Å². The van der Waals surface area contributed by atoms with Crippen LogP contribution in [0.4, 0.5) is 5.69 Å². The summed E-state index contributed by atoms with van der Waals surface area (Å²) in [6.45, 7) is 1.60. The van der Waals surface area contributed by atoms with E-state index in [4.69, 9.17) is 5.10 Å². The molecule has 0 aliphatic carbocycles. The number of halogens is 1. The van der Waals surface area contributed by atoms with Crippen LogP contribution < -0.4 is 10.6 Å². The van der Waals surface area contributed by atoms with Gasteiger partial charge in [-0.2, -0.15) is 5.10 Å². The molecule has 0 aliphatic heterocycles. The summed E-state index contributed by atoms with van der Waals surface area (Å²) in [7, 11) is 0. The molecule has 2 N–H and O–H groups in total. The number of amides is 1. The Morgan fingerprint density at radius 1 is 0.806 bits per heavy atom. The quantitative estimate of drug-likeness (QED) is 0.416. The number of nitrogens with one attached hydrogen (secondary N) is 2. The van der Waals surface area contributed by atoms with E-state index in [1.165, 1.54) is 5.56 Å². The number of anilines is 1. The molecule has 0 atom stereocenters. The highest BCUT2D eigenvalue weighted by atomic mass is 35.5. The molecule has 5 nitrogen and oxygen atoms in total.